The Bertz CT molecular complexity index is 969. The van der Waals surface area contributed by atoms with Crippen molar-refractivity contribution in [3.63, 3.8) is 0 Å². The minimum Gasteiger partial charge on any atom is -0.469 e. The molecule has 0 radical (unpaired) electrons. The summed E-state index contributed by atoms with van der Waals surface area (Å²) in [6.07, 6.45) is 4.83. The summed E-state index contributed by atoms with van der Waals surface area (Å²) >= 11 is 1.54. The van der Waals surface area contributed by atoms with Gasteiger partial charge in [0.1, 0.15) is 17.4 Å². The molecule has 120 valence electrons. The van der Waals surface area contributed by atoms with Crippen LogP contribution in [0.3, 0.4) is 0 Å². The standard InChI is InChI=1S/C18H15N3O2S/c1-11-8-14(12(2)21(11)18-20-5-7-24-18)9-15(10-19)17(22)16-4-6-23-13(16)3/h4-9H,1-3H3/b15-9+. The molecule has 3 aromatic heterocycles. The zero-order valence-corrected chi connectivity index (χ0v) is 14.3. The number of aromatic nitrogens is 2. The zero-order chi connectivity index (χ0) is 17.3. The molecule has 0 spiro atoms. The lowest BCUT2D eigenvalue weighted by Gasteiger charge is -2.04. The summed E-state index contributed by atoms with van der Waals surface area (Å²) in [6.45, 7) is 5.62. The molecule has 0 aliphatic carbocycles. The van der Waals surface area contributed by atoms with Crippen molar-refractivity contribution < 1.29 is 9.21 Å². The second-order valence-electron chi connectivity index (χ2n) is 5.37. The monoisotopic (exact) mass is 337 g/mol. The fourth-order valence-corrected chi connectivity index (χ4v) is 3.38. The van der Waals surface area contributed by atoms with E-state index in [1.165, 1.54) is 17.6 Å². The predicted octanol–water partition coefficient (Wildman–Crippen LogP) is 4.24. The van der Waals surface area contributed by atoms with Crippen LogP contribution in [-0.2, 0) is 0 Å². The number of hydrogen-bond donors (Lipinski definition) is 0. The van der Waals surface area contributed by atoms with Crippen molar-refractivity contribution in [3.05, 3.63) is 63.8 Å². The summed E-state index contributed by atoms with van der Waals surface area (Å²) in [7, 11) is 0. The third kappa shape index (κ3) is 2.70. The number of thiazole rings is 1. The maximum Gasteiger partial charge on any atom is 0.207 e. The van der Waals surface area contributed by atoms with Crippen LogP contribution in [0.4, 0.5) is 0 Å². The van der Waals surface area contributed by atoms with Crippen LogP contribution in [-0.4, -0.2) is 15.3 Å². The molecule has 3 heterocycles. The van der Waals surface area contributed by atoms with Gasteiger partial charge in [0, 0.05) is 23.0 Å². The summed E-state index contributed by atoms with van der Waals surface area (Å²) in [4.78, 5) is 16.9. The topological polar surface area (TPSA) is 71.8 Å². The van der Waals surface area contributed by atoms with Crippen LogP contribution in [0.25, 0.3) is 11.2 Å². The number of carbonyl (C=O) groups is 1. The number of allylic oxidation sites excluding steroid dienone is 1. The van der Waals surface area contributed by atoms with E-state index in [9.17, 15) is 10.1 Å². The third-order valence-corrected chi connectivity index (χ3v) is 4.61. The van der Waals surface area contributed by atoms with E-state index in [-0.39, 0.29) is 11.4 Å². The molecule has 0 saturated heterocycles. The highest BCUT2D eigenvalue weighted by atomic mass is 32.1. The molecule has 0 bridgehead atoms. The molecule has 5 nitrogen and oxygen atoms in total. The minimum absolute atomic E-state index is 0.0823. The van der Waals surface area contributed by atoms with E-state index in [4.69, 9.17) is 4.42 Å². The van der Waals surface area contributed by atoms with Gasteiger partial charge in [0.05, 0.1) is 11.8 Å². The average Bonchev–Trinajstić information content (AvgIpc) is 3.26. The lowest BCUT2D eigenvalue weighted by Crippen LogP contribution is -2.02. The molecule has 24 heavy (non-hydrogen) atoms. The van der Waals surface area contributed by atoms with Gasteiger partial charge in [-0.3, -0.25) is 9.36 Å². The molecule has 0 aliphatic rings. The van der Waals surface area contributed by atoms with Crippen molar-refractivity contribution in [1.82, 2.24) is 9.55 Å². The maximum absolute atomic E-state index is 12.5. The number of carbonyl (C=O) groups excluding carboxylic acids is 1. The first-order chi connectivity index (χ1) is 11.5. The van der Waals surface area contributed by atoms with E-state index < -0.39 is 0 Å². The summed E-state index contributed by atoms with van der Waals surface area (Å²) < 4.78 is 7.17. The van der Waals surface area contributed by atoms with Gasteiger partial charge >= 0.3 is 0 Å². The Kier molecular flexibility index (Phi) is 4.19. The van der Waals surface area contributed by atoms with E-state index in [0.717, 1.165) is 22.1 Å². The third-order valence-electron chi connectivity index (χ3n) is 3.85. The van der Waals surface area contributed by atoms with Gasteiger partial charge in [0.25, 0.3) is 0 Å². The Labute approximate surface area is 143 Å². The van der Waals surface area contributed by atoms with Crippen molar-refractivity contribution >= 4 is 23.2 Å². The van der Waals surface area contributed by atoms with Gasteiger partial charge in [0.15, 0.2) is 5.13 Å². The SMILES string of the molecule is Cc1occc1C(=O)/C(C#N)=C/c1cc(C)n(-c2nccs2)c1C. The van der Waals surface area contributed by atoms with Crippen LogP contribution < -0.4 is 0 Å². The number of nitriles is 1. The average molecular weight is 337 g/mol. The molecule has 0 aliphatic heterocycles. The molecule has 0 N–H and O–H groups in total. The van der Waals surface area contributed by atoms with Crippen LogP contribution in [0, 0.1) is 32.1 Å². The van der Waals surface area contributed by atoms with E-state index in [2.05, 4.69) is 4.98 Å². The molecular formula is C18H15N3O2S. The van der Waals surface area contributed by atoms with Gasteiger partial charge in [-0.05, 0) is 44.5 Å². The van der Waals surface area contributed by atoms with Gasteiger partial charge in [0.2, 0.25) is 5.78 Å². The van der Waals surface area contributed by atoms with Gasteiger partial charge < -0.3 is 4.42 Å². The van der Waals surface area contributed by atoms with Crippen LogP contribution in [0.15, 0.2) is 40.0 Å². The van der Waals surface area contributed by atoms with Gasteiger partial charge in [-0.1, -0.05) is 0 Å². The lowest BCUT2D eigenvalue weighted by molar-refractivity contribution is 0.103. The van der Waals surface area contributed by atoms with Crippen molar-refractivity contribution in [2.45, 2.75) is 20.8 Å². The smallest absolute Gasteiger partial charge is 0.207 e. The van der Waals surface area contributed by atoms with Gasteiger partial charge in [-0.15, -0.1) is 11.3 Å². The Morgan fingerprint density at radius 3 is 2.79 bits per heavy atom. The number of ketones is 1. The van der Waals surface area contributed by atoms with Crippen molar-refractivity contribution in [2.75, 3.05) is 0 Å². The Hall–Kier alpha value is -2.91. The molecule has 0 unspecified atom stereocenters. The van der Waals surface area contributed by atoms with Crippen molar-refractivity contribution in [2.24, 2.45) is 0 Å². The Morgan fingerprint density at radius 2 is 2.21 bits per heavy atom. The molecular weight excluding hydrogens is 322 g/mol. The quantitative estimate of drug-likeness (QED) is 0.405. The molecule has 3 aromatic rings. The van der Waals surface area contributed by atoms with E-state index >= 15 is 0 Å². The second kappa shape index (κ2) is 6.30. The Balaban J connectivity index is 2.05. The van der Waals surface area contributed by atoms with Gasteiger partial charge in [-0.25, -0.2) is 4.98 Å². The minimum atomic E-state index is -0.331. The lowest BCUT2D eigenvalue weighted by atomic mass is 10.0. The predicted molar refractivity (Wildman–Crippen MR) is 92.3 cm³/mol. The first kappa shape index (κ1) is 16.0. The molecule has 6 heteroatoms. The molecule has 0 atom stereocenters. The molecule has 0 fully saturated rings. The van der Waals surface area contributed by atoms with E-state index in [1.807, 2.05) is 35.9 Å². The summed E-state index contributed by atoms with van der Waals surface area (Å²) in [6, 6.07) is 5.54. The number of hydrogen-bond acceptors (Lipinski definition) is 5. The maximum atomic E-state index is 12.5. The summed E-state index contributed by atoms with van der Waals surface area (Å²) in [5.74, 6) is 0.178. The molecule has 0 amide bonds. The number of rotatable bonds is 4. The zero-order valence-electron chi connectivity index (χ0n) is 13.5. The first-order valence-electron chi connectivity index (χ1n) is 7.32. The fourth-order valence-electron chi connectivity index (χ4n) is 2.62. The summed E-state index contributed by atoms with van der Waals surface area (Å²) in [5, 5.41) is 12.2. The summed E-state index contributed by atoms with van der Waals surface area (Å²) in [5.41, 5.74) is 3.26. The number of furan rings is 1. The fraction of sp³-hybridized carbons (Fsp3) is 0.167. The highest BCUT2D eigenvalue weighted by Gasteiger charge is 2.18. The Morgan fingerprint density at radius 1 is 1.42 bits per heavy atom. The molecule has 0 aromatic carbocycles. The van der Waals surface area contributed by atoms with Gasteiger partial charge in [-0.2, -0.15) is 5.26 Å². The number of Topliss-reactive ketones (excluding diaryl/α,β-unsaturated/α-hetero) is 1. The van der Waals surface area contributed by atoms with Crippen LogP contribution in [0.5, 0.6) is 0 Å². The first-order valence-corrected chi connectivity index (χ1v) is 8.20. The van der Waals surface area contributed by atoms with E-state index in [1.54, 1.807) is 25.3 Å². The second-order valence-corrected chi connectivity index (χ2v) is 6.24. The van der Waals surface area contributed by atoms with Crippen LogP contribution in [0.2, 0.25) is 0 Å². The largest absolute Gasteiger partial charge is 0.469 e. The number of aryl methyl sites for hydroxylation is 2. The number of nitrogens with zero attached hydrogens (tertiary/aromatic N) is 3. The van der Waals surface area contributed by atoms with E-state index in [0.29, 0.717) is 11.3 Å². The van der Waals surface area contributed by atoms with Crippen molar-refractivity contribution in [1.29, 1.82) is 5.26 Å². The highest BCUT2D eigenvalue weighted by Crippen LogP contribution is 2.25. The molecule has 3 rings (SSSR count). The van der Waals surface area contributed by atoms with Crippen LogP contribution >= 0.6 is 11.3 Å². The highest BCUT2D eigenvalue weighted by molar-refractivity contribution is 7.12. The van der Waals surface area contributed by atoms with Crippen molar-refractivity contribution in [3.8, 4) is 11.2 Å². The molecule has 0 saturated carbocycles. The normalized spacial score (nSPS) is 11.5. The van der Waals surface area contributed by atoms with Crippen LogP contribution in [0.1, 0.15) is 33.1 Å².